The maximum Gasteiger partial charge on any atom is 0.131 e. The summed E-state index contributed by atoms with van der Waals surface area (Å²) in [7, 11) is 0. The van der Waals surface area contributed by atoms with E-state index in [4.69, 9.17) is 10.7 Å². The largest absolute Gasteiger partial charge is 0.322 e. The van der Waals surface area contributed by atoms with Gasteiger partial charge in [0.15, 0.2) is 0 Å². The fourth-order valence-electron chi connectivity index (χ4n) is 2.39. The summed E-state index contributed by atoms with van der Waals surface area (Å²) in [5.74, 6) is 0.873. The van der Waals surface area contributed by atoms with E-state index in [9.17, 15) is 0 Å². The number of aromatic nitrogens is 2. The molecule has 3 nitrogen and oxygen atoms in total. The van der Waals surface area contributed by atoms with E-state index in [2.05, 4.69) is 45.6 Å². The summed E-state index contributed by atoms with van der Waals surface area (Å²) in [5.41, 5.74) is 10.4. The molecule has 0 bridgehead atoms. The third kappa shape index (κ3) is 2.05. The van der Waals surface area contributed by atoms with E-state index in [1.54, 1.807) is 0 Å². The van der Waals surface area contributed by atoms with Crippen LogP contribution in [0.1, 0.15) is 24.4 Å². The van der Waals surface area contributed by atoms with Crippen LogP contribution >= 0.6 is 15.9 Å². The van der Waals surface area contributed by atoms with Crippen molar-refractivity contribution in [1.29, 1.82) is 0 Å². The first-order valence-corrected chi connectivity index (χ1v) is 7.37. The topological polar surface area (TPSA) is 43.8 Å². The number of para-hydroxylation sites is 1. The molecule has 0 saturated heterocycles. The first-order chi connectivity index (χ1) is 9.59. The quantitative estimate of drug-likeness (QED) is 0.768. The summed E-state index contributed by atoms with van der Waals surface area (Å²) in [4.78, 5) is 4.70. The van der Waals surface area contributed by atoms with Gasteiger partial charge in [-0.1, -0.05) is 24.3 Å². The zero-order chi connectivity index (χ0) is 14.3. The second-order valence-corrected chi connectivity index (χ2v) is 5.79. The number of nitrogens with zero attached hydrogens (tertiary/aromatic N) is 2. The summed E-state index contributed by atoms with van der Waals surface area (Å²) < 4.78 is 3.20. The normalized spacial score (nSPS) is 12.8. The van der Waals surface area contributed by atoms with E-state index in [1.807, 2.05) is 31.2 Å². The molecule has 1 aromatic heterocycles. The van der Waals surface area contributed by atoms with Crippen LogP contribution in [0, 0.1) is 6.92 Å². The third-order valence-electron chi connectivity index (χ3n) is 3.40. The zero-order valence-corrected chi connectivity index (χ0v) is 13.1. The van der Waals surface area contributed by atoms with Crippen LogP contribution in [0.5, 0.6) is 0 Å². The fourth-order valence-corrected chi connectivity index (χ4v) is 2.90. The van der Waals surface area contributed by atoms with Crippen molar-refractivity contribution in [3.05, 3.63) is 58.3 Å². The van der Waals surface area contributed by atoms with Gasteiger partial charge in [-0.3, -0.25) is 4.57 Å². The van der Waals surface area contributed by atoms with Gasteiger partial charge >= 0.3 is 0 Å². The first kappa shape index (κ1) is 13.3. The van der Waals surface area contributed by atoms with Crippen molar-refractivity contribution in [1.82, 2.24) is 9.55 Å². The minimum atomic E-state index is -0.130. The van der Waals surface area contributed by atoms with Crippen LogP contribution in [0.3, 0.4) is 0 Å². The molecule has 3 rings (SSSR count). The van der Waals surface area contributed by atoms with Crippen molar-refractivity contribution in [2.45, 2.75) is 19.9 Å². The lowest BCUT2D eigenvalue weighted by Gasteiger charge is -2.12. The number of rotatable bonds is 2. The van der Waals surface area contributed by atoms with E-state index >= 15 is 0 Å². The van der Waals surface area contributed by atoms with Crippen LogP contribution in [-0.2, 0) is 0 Å². The smallest absolute Gasteiger partial charge is 0.131 e. The van der Waals surface area contributed by atoms with Crippen LogP contribution in [-0.4, -0.2) is 9.55 Å². The van der Waals surface area contributed by atoms with Gasteiger partial charge in [0.05, 0.1) is 17.1 Å². The molecule has 1 atom stereocenters. The maximum atomic E-state index is 6.11. The molecular formula is C16H16BrN3. The average molecular weight is 330 g/mol. The summed E-state index contributed by atoms with van der Waals surface area (Å²) in [6.07, 6.45) is 0. The minimum Gasteiger partial charge on any atom is -0.322 e. The highest BCUT2D eigenvalue weighted by Gasteiger charge is 2.18. The second kappa shape index (κ2) is 5.04. The van der Waals surface area contributed by atoms with Gasteiger partial charge in [-0.2, -0.15) is 0 Å². The molecule has 4 heteroatoms. The molecule has 0 unspecified atom stereocenters. The molecule has 1 heterocycles. The van der Waals surface area contributed by atoms with Crippen molar-refractivity contribution < 1.29 is 0 Å². The number of benzene rings is 2. The lowest BCUT2D eigenvalue weighted by molar-refractivity contribution is 0.727. The molecule has 0 spiro atoms. The lowest BCUT2D eigenvalue weighted by atomic mass is 10.2. The van der Waals surface area contributed by atoms with Crippen molar-refractivity contribution in [2.75, 3.05) is 0 Å². The molecule has 0 radical (unpaired) electrons. The van der Waals surface area contributed by atoms with Crippen LogP contribution in [0.15, 0.2) is 46.9 Å². The van der Waals surface area contributed by atoms with Crippen molar-refractivity contribution >= 4 is 27.0 Å². The number of hydrogen-bond acceptors (Lipinski definition) is 2. The predicted molar refractivity (Wildman–Crippen MR) is 86.1 cm³/mol. The zero-order valence-electron chi connectivity index (χ0n) is 11.5. The predicted octanol–water partition coefficient (Wildman–Crippen LogP) is 4.12. The molecular weight excluding hydrogens is 314 g/mol. The van der Waals surface area contributed by atoms with E-state index < -0.39 is 0 Å². The Morgan fingerprint density at radius 3 is 2.50 bits per heavy atom. The minimum absolute atomic E-state index is 0.130. The molecule has 2 aromatic carbocycles. The molecule has 0 aliphatic rings. The first-order valence-electron chi connectivity index (χ1n) is 6.58. The van der Waals surface area contributed by atoms with Gasteiger partial charge in [-0.25, -0.2) is 4.98 Å². The monoisotopic (exact) mass is 329 g/mol. The van der Waals surface area contributed by atoms with E-state index in [1.165, 1.54) is 5.56 Å². The van der Waals surface area contributed by atoms with Crippen LogP contribution in [0.25, 0.3) is 16.7 Å². The Bertz CT molecular complexity index is 760. The highest BCUT2D eigenvalue weighted by molar-refractivity contribution is 9.10. The van der Waals surface area contributed by atoms with Gasteiger partial charge in [0.1, 0.15) is 5.82 Å². The van der Waals surface area contributed by atoms with Gasteiger partial charge in [-0.05, 0) is 53.5 Å². The van der Waals surface area contributed by atoms with Gasteiger partial charge in [0.25, 0.3) is 0 Å². The van der Waals surface area contributed by atoms with Crippen LogP contribution < -0.4 is 5.73 Å². The molecule has 0 aliphatic carbocycles. The number of imidazole rings is 1. The fraction of sp³-hybridized carbons (Fsp3) is 0.188. The van der Waals surface area contributed by atoms with Crippen molar-refractivity contribution in [3.63, 3.8) is 0 Å². The van der Waals surface area contributed by atoms with Crippen molar-refractivity contribution in [2.24, 2.45) is 5.73 Å². The highest BCUT2D eigenvalue weighted by atomic mass is 79.9. The highest BCUT2D eigenvalue weighted by Crippen LogP contribution is 2.32. The number of hydrogen-bond donors (Lipinski definition) is 1. The molecule has 2 N–H and O–H groups in total. The Morgan fingerprint density at radius 2 is 1.85 bits per heavy atom. The lowest BCUT2D eigenvalue weighted by Crippen LogP contribution is -2.12. The summed E-state index contributed by atoms with van der Waals surface area (Å²) in [6, 6.07) is 14.2. The van der Waals surface area contributed by atoms with Gasteiger partial charge in [0.2, 0.25) is 0 Å². The molecule has 20 heavy (non-hydrogen) atoms. The molecule has 0 saturated carbocycles. The van der Waals surface area contributed by atoms with Crippen LogP contribution in [0.4, 0.5) is 0 Å². The standard InChI is InChI=1S/C16H16BrN3/c1-10-8-9-13-15(14(10)17)20(16(19-13)11(2)18)12-6-4-3-5-7-12/h3-9,11H,18H2,1-2H3/t11-/m0/s1. The Kier molecular flexibility index (Phi) is 3.36. The van der Waals surface area contributed by atoms with E-state index in [0.29, 0.717) is 0 Å². The Morgan fingerprint density at radius 1 is 1.15 bits per heavy atom. The van der Waals surface area contributed by atoms with Crippen molar-refractivity contribution in [3.8, 4) is 5.69 Å². The summed E-state index contributed by atoms with van der Waals surface area (Å²) >= 11 is 3.69. The number of nitrogens with two attached hydrogens (primary N) is 1. The van der Waals surface area contributed by atoms with Gasteiger partial charge in [-0.15, -0.1) is 0 Å². The number of fused-ring (bicyclic) bond motifs is 1. The average Bonchev–Trinajstić information content (AvgIpc) is 2.84. The Hall–Kier alpha value is -1.65. The number of halogens is 1. The Balaban J connectivity index is 2.43. The molecule has 0 amide bonds. The molecule has 0 fully saturated rings. The summed E-state index contributed by atoms with van der Waals surface area (Å²) in [5, 5.41) is 0. The second-order valence-electron chi connectivity index (χ2n) is 4.99. The number of aryl methyl sites for hydroxylation is 1. The van der Waals surface area contributed by atoms with E-state index in [0.717, 1.165) is 27.0 Å². The SMILES string of the molecule is Cc1ccc2nc([C@H](C)N)n(-c3ccccc3)c2c1Br. The molecule has 102 valence electrons. The van der Waals surface area contributed by atoms with Gasteiger partial charge in [0, 0.05) is 10.2 Å². The third-order valence-corrected chi connectivity index (χ3v) is 4.40. The van der Waals surface area contributed by atoms with E-state index in [-0.39, 0.29) is 6.04 Å². The van der Waals surface area contributed by atoms with Gasteiger partial charge < -0.3 is 5.73 Å². The molecule has 0 aliphatic heterocycles. The maximum absolute atomic E-state index is 6.11. The van der Waals surface area contributed by atoms with Crippen LogP contribution in [0.2, 0.25) is 0 Å². The summed E-state index contributed by atoms with van der Waals surface area (Å²) in [6.45, 7) is 4.04. The molecule has 3 aromatic rings. The Labute approximate surface area is 126 Å².